The fraction of sp³-hybridized carbons (Fsp3) is 0.200. The summed E-state index contributed by atoms with van der Waals surface area (Å²) in [5.41, 5.74) is 6.72. The van der Waals surface area contributed by atoms with Crippen molar-refractivity contribution in [3.63, 3.8) is 0 Å². The molecule has 1 atom stereocenters. The molecule has 4 heteroatoms. The number of benzene rings is 1. The first kappa shape index (κ1) is 8.74. The third-order valence-electron chi connectivity index (χ3n) is 2.34. The van der Waals surface area contributed by atoms with E-state index in [1.165, 1.54) is 0 Å². The van der Waals surface area contributed by atoms with E-state index in [9.17, 15) is 9.59 Å². The summed E-state index contributed by atoms with van der Waals surface area (Å²) in [6, 6.07) is 7.21. The Labute approximate surface area is 81.1 Å². The number of hydrogen-bond acceptors (Lipinski definition) is 2. The number of nitrogens with two attached hydrogens (primary N) is 1. The monoisotopic (exact) mass is 190 g/mol. The number of carbonyl (C=O) groups is 2. The maximum absolute atomic E-state index is 11.2. The zero-order valence-electron chi connectivity index (χ0n) is 7.49. The molecule has 0 saturated carbocycles. The van der Waals surface area contributed by atoms with Crippen LogP contribution in [-0.4, -0.2) is 11.8 Å². The normalized spacial score (nSPS) is 19.7. The highest BCUT2D eigenvalue weighted by atomic mass is 16.2. The topological polar surface area (TPSA) is 72.2 Å². The van der Waals surface area contributed by atoms with Gasteiger partial charge in [0.1, 0.15) is 0 Å². The number of nitrogens with one attached hydrogen (secondary N) is 1. The molecule has 0 bridgehead atoms. The van der Waals surface area contributed by atoms with Gasteiger partial charge in [-0.1, -0.05) is 18.2 Å². The van der Waals surface area contributed by atoms with Crippen LogP contribution in [0.1, 0.15) is 17.9 Å². The van der Waals surface area contributed by atoms with E-state index in [1.54, 1.807) is 6.07 Å². The molecule has 0 radical (unpaired) electrons. The molecule has 0 saturated heterocycles. The Morgan fingerprint density at radius 3 is 2.86 bits per heavy atom. The minimum atomic E-state index is -0.486. The molecule has 1 aromatic rings. The Kier molecular flexibility index (Phi) is 1.96. The minimum Gasteiger partial charge on any atom is -0.369 e. The summed E-state index contributed by atoms with van der Waals surface area (Å²) in [7, 11) is 0. The Bertz CT molecular complexity index is 401. The molecule has 1 aliphatic heterocycles. The fourth-order valence-corrected chi connectivity index (χ4v) is 1.67. The van der Waals surface area contributed by atoms with E-state index < -0.39 is 11.8 Å². The van der Waals surface area contributed by atoms with E-state index in [2.05, 4.69) is 5.32 Å². The van der Waals surface area contributed by atoms with Gasteiger partial charge < -0.3 is 11.1 Å². The molecule has 1 aliphatic rings. The summed E-state index contributed by atoms with van der Waals surface area (Å²) in [6.07, 6.45) is 0.145. The van der Waals surface area contributed by atoms with E-state index in [1.807, 2.05) is 18.2 Å². The van der Waals surface area contributed by atoms with Crippen LogP contribution in [0.4, 0.5) is 5.69 Å². The molecule has 1 aromatic carbocycles. The number of anilines is 1. The van der Waals surface area contributed by atoms with Crippen molar-refractivity contribution in [1.82, 2.24) is 0 Å². The van der Waals surface area contributed by atoms with E-state index in [-0.39, 0.29) is 12.3 Å². The Balaban J connectivity index is 2.48. The van der Waals surface area contributed by atoms with Gasteiger partial charge in [0.25, 0.3) is 0 Å². The SMILES string of the molecule is NC(=O)[C@@H]1CC(=O)Nc2ccccc21. The van der Waals surface area contributed by atoms with Crippen LogP contribution in [0.25, 0.3) is 0 Å². The number of hydrogen-bond donors (Lipinski definition) is 2. The van der Waals surface area contributed by atoms with Gasteiger partial charge in [0, 0.05) is 12.1 Å². The number of fused-ring (bicyclic) bond motifs is 1. The van der Waals surface area contributed by atoms with E-state index in [4.69, 9.17) is 5.73 Å². The van der Waals surface area contributed by atoms with Gasteiger partial charge in [-0.25, -0.2) is 0 Å². The average Bonchev–Trinajstić information content (AvgIpc) is 2.16. The Hall–Kier alpha value is -1.84. The van der Waals surface area contributed by atoms with Gasteiger partial charge in [0.15, 0.2) is 0 Å². The highest BCUT2D eigenvalue weighted by molar-refractivity contribution is 6.00. The minimum absolute atomic E-state index is 0.145. The van der Waals surface area contributed by atoms with Crippen LogP contribution in [0.2, 0.25) is 0 Å². The molecular weight excluding hydrogens is 180 g/mol. The van der Waals surface area contributed by atoms with E-state index >= 15 is 0 Å². The summed E-state index contributed by atoms with van der Waals surface area (Å²) in [5.74, 6) is -1.10. The first-order valence-corrected chi connectivity index (χ1v) is 4.36. The highest BCUT2D eigenvalue weighted by Crippen LogP contribution is 2.31. The molecule has 2 amide bonds. The lowest BCUT2D eigenvalue weighted by Crippen LogP contribution is -2.31. The smallest absolute Gasteiger partial charge is 0.225 e. The van der Waals surface area contributed by atoms with Gasteiger partial charge in [-0.2, -0.15) is 0 Å². The second kappa shape index (κ2) is 3.14. The van der Waals surface area contributed by atoms with Crippen molar-refractivity contribution in [2.45, 2.75) is 12.3 Å². The van der Waals surface area contributed by atoms with Crippen molar-refractivity contribution in [2.75, 3.05) is 5.32 Å². The molecule has 4 nitrogen and oxygen atoms in total. The van der Waals surface area contributed by atoms with Gasteiger partial charge in [-0.05, 0) is 11.6 Å². The lowest BCUT2D eigenvalue weighted by molar-refractivity contribution is -0.124. The second-order valence-corrected chi connectivity index (χ2v) is 3.29. The molecule has 0 aliphatic carbocycles. The van der Waals surface area contributed by atoms with Crippen molar-refractivity contribution in [2.24, 2.45) is 5.73 Å². The van der Waals surface area contributed by atoms with Gasteiger partial charge in [-0.15, -0.1) is 0 Å². The number of amides is 2. The predicted octanol–water partition coefficient (Wildman–Crippen LogP) is 0.598. The summed E-state index contributed by atoms with van der Waals surface area (Å²) >= 11 is 0. The van der Waals surface area contributed by atoms with E-state index in [0.717, 1.165) is 5.56 Å². The standard InChI is InChI=1S/C10H10N2O2/c11-10(14)7-5-9(13)12-8-4-2-1-3-6(7)8/h1-4,7H,5H2,(H2,11,14)(H,12,13)/t7-/m1/s1. The van der Waals surface area contributed by atoms with Crippen molar-refractivity contribution in [1.29, 1.82) is 0 Å². The molecule has 3 N–H and O–H groups in total. The number of rotatable bonds is 1. The first-order chi connectivity index (χ1) is 6.68. The van der Waals surface area contributed by atoms with Crippen molar-refractivity contribution < 1.29 is 9.59 Å². The molecule has 14 heavy (non-hydrogen) atoms. The predicted molar refractivity (Wildman–Crippen MR) is 51.6 cm³/mol. The molecular formula is C10H10N2O2. The van der Waals surface area contributed by atoms with E-state index in [0.29, 0.717) is 5.69 Å². The van der Waals surface area contributed by atoms with Crippen LogP contribution in [0.5, 0.6) is 0 Å². The van der Waals surface area contributed by atoms with Crippen LogP contribution >= 0.6 is 0 Å². The molecule has 2 rings (SSSR count). The van der Waals surface area contributed by atoms with Gasteiger partial charge >= 0.3 is 0 Å². The van der Waals surface area contributed by atoms with Crippen LogP contribution < -0.4 is 11.1 Å². The van der Waals surface area contributed by atoms with Crippen molar-refractivity contribution >= 4 is 17.5 Å². The maximum atomic E-state index is 11.2. The summed E-state index contributed by atoms with van der Waals surface area (Å²) in [6.45, 7) is 0. The molecule has 0 unspecified atom stereocenters. The zero-order valence-corrected chi connectivity index (χ0v) is 7.49. The number of carbonyl (C=O) groups excluding carboxylic acids is 2. The third kappa shape index (κ3) is 1.35. The zero-order chi connectivity index (χ0) is 10.1. The summed E-state index contributed by atoms with van der Waals surface area (Å²) < 4.78 is 0. The third-order valence-corrected chi connectivity index (χ3v) is 2.34. The lowest BCUT2D eigenvalue weighted by atomic mass is 9.90. The fourth-order valence-electron chi connectivity index (χ4n) is 1.67. The van der Waals surface area contributed by atoms with Gasteiger partial charge in [0.2, 0.25) is 11.8 Å². The Morgan fingerprint density at radius 2 is 2.14 bits per heavy atom. The van der Waals surface area contributed by atoms with Gasteiger partial charge in [0.05, 0.1) is 5.92 Å². The molecule has 0 fully saturated rings. The summed E-state index contributed by atoms with van der Waals surface area (Å²) in [4.78, 5) is 22.3. The number of primary amides is 1. The molecule has 1 heterocycles. The first-order valence-electron chi connectivity index (χ1n) is 4.36. The molecule has 0 spiro atoms. The highest BCUT2D eigenvalue weighted by Gasteiger charge is 2.28. The average molecular weight is 190 g/mol. The quantitative estimate of drug-likeness (QED) is 0.680. The molecule has 0 aromatic heterocycles. The largest absolute Gasteiger partial charge is 0.369 e. The van der Waals surface area contributed by atoms with Crippen LogP contribution in [0.3, 0.4) is 0 Å². The maximum Gasteiger partial charge on any atom is 0.225 e. The second-order valence-electron chi connectivity index (χ2n) is 3.29. The Morgan fingerprint density at radius 1 is 1.43 bits per heavy atom. The van der Waals surface area contributed by atoms with Crippen LogP contribution in [0, 0.1) is 0 Å². The van der Waals surface area contributed by atoms with Gasteiger partial charge in [-0.3, -0.25) is 9.59 Å². The summed E-state index contributed by atoms with van der Waals surface area (Å²) in [5, 5.41) is 2.70. The van der Waals surface area contributed by atoms with Crippen LogP contribution in [0.15, 0.2) is 24.3 Å². The number of para-hydroxylation sites is 1. The molecule has 72 valence electrons. The van der Waals surface area contributed by atoms with Crippen molar-refractivity contribution in [3.8, 4) is 0 Å². The van der Waals surface area contributed by atoms with Crippen molar-refractivity contribution in [3.05, 3.63) is 29.8 Å². The van der Waals surface area contributed by atoms with Crippen LogP contribution in [-0.2, 0) is 9.59 Å². The lowest BCUT2D eigenvalue weighted by Gasteiger charge is -2.22.